The molecule has 6 nitrogen and oxygen atoms in total. The molecule has 0 radical (unpaired) electrons. The number of benzene rings is 2. The quantitative estimate of drug-likeness (QED) is 0.672. The Kier molecular flexibility index (Phi) is 5.78. The molecule has 0 saturated carbocycles. The number of carbonyl (C=O) groups is 2. The third-order valence-corrected chi connectivity index (χ3v) is 5.84. The summed E-state index contributed by atoms with van der Waals surface area (Å²) in [6, 6.07) is 16.6. The van der Waals surface area contributed by atoms with Gasteiger partial charge in [-0.15, -0.1) is 11.3 Å². The van der Waals surface area contributed by atoms with E-state index in [0.717, 1.165) is 16.3 Å². The number of para-hydroxylation sites is 1. The minimum Gasteiger partial charge on any atom is -0.334 e. The number of hydrogen-bond acceptors (Lipinski definition) is 4. The highest BCUT2D eigenvalue weighted by molar-refractivity contribution is 7.13. The van der Waals surface area contributed by atoms with Gasteiger partial charge in [-0.1, -0.05) is 41.9 Å². The smallest absolute Gasteiger partial charge is 0.321 e. The van der Waals surface area contributed by atoms with Gasteiger partial charge in [0.1, 0.15) is 10.7 Å². The Labute approximate surface area is 177 Å². The topological polar surface area (TPSA) is 65.5 Å². The summed E-state index contributed by atoms with van der Waals surface area (Å²) in [7, 11) is 0. The van der Waals surface area contributed by atoms with Gasteiger partial charge >= 0.3 is 6.03 Å². The summed E-state index contributed by atoms with van der Waals surface area (Å²) in [4.78, 5) is 33.1. The summed E-state index contributed by atoms with van der Waals surface area (Å²) >= 11 is 7.36. The summed E-state index contributed by atoms with van der Waals surface area (Å²) in [6.45, 7) is 1.93. The number of hydrogen-bond donors (Lipinski definition) is 1. The van der Waals surface area contributed by atoms with E-state index in [4.69, 9.17) is 11.6 Å². The molecule has 2 heterocycles. The first kappa shape index (κ1) is 19.4. The molecule has 1 aliphatic rings. The molecule has 1 aromatic heterocycles. The van der Waals surface area contributed by atoms with Crippen LogP contribution in [0.25, 0.3) is 10.6 Å². The molecule has 0 atom stereocenters. The number of anilines is 1. The van der Waals surface area contributed by atoms with Crippen LogP contribution in [0.15, 0.2) is 60.0 Å². The van der Waals surface area contributed by atoms with E-state index in [1.165, 1.54) is 11.3 Å². The summed E-state index contributed by atoms with van der Waals surface area (Å²) in [6.07, 6.45) is 0. The number of thiazole rings is 1. The zero-order chi connectivity index (χ0) is 20.2. The average Bonchev–Trinajstić information content (AvgIpc) is 3.25. The van der Waals surface area contributed by atoms with E-state index in [2.05, 4.69) is 10.3 Å². The van der Waals surface area contributed by atoms with Crippen LogP contribution in [0.1, 0.15) is 10.5 Å². The van der Waals surface area contributed by atoms with Gasteiger partial charge in [0.15, 0.2) is 0 Å². The molecule has 1 fully saturated rings. The SMILES string of the molecule is O=C(Nc1ccccc1)N1CCN(C(=O)c2csc(-c3ccc(Cl)cc3)n2)CC1. The predicted molar refractivity (Wildman–Crippen MR) is 115 cm³/mol. The monoisotopic (exact) mass is 426 g/mol. The summed E-state index contributed by atoms with van der Waals surface area (Å²) in [5, 5.41) is 6.10. The van der Waals surface area contributed by atoms with Crippen molar-refractivity contribution >= 4 is 40.6 Å². The van der Waals surface area contributed by atoms with Crippen molar-refractivity contribution in [3.63, 3.8) is 0 Å². The Hall–Kier alpha value is -2.90. The lowest BCUT2D eigenvalue weighted by Crippen LogP contribution is -2.51. The molecule has 0 unspecified atom stereocenters. The lowest BCUT2D eigenvalue weighted by molar-refractivity contribution is 0.0667. The fourth-order valence-electron chi connectivity index (χ4n) is 3.10. The van der Waals surface area contributed by atoms with E-state index < -0.39 is 0 Å². The van der Waals surface area contributed by atoms with E-state index >= 15 is 0 Å². The first-order chi connectivity index (χ1) is 14.1. The molecule has 3 aromatic rings. The van der Waals surface area contributed by atoms with Crippen molar-refractivity contribution in [2.24, 2.45) is 0 Å². The Balaban J connectivity index is 1.34. The van der Waals surface area contributed by atoms with Gasteiger partial charge in [0.25, 0.3) is 5.91 Å². The van der Waals surface area contributed by atoms with E-state index in [9.17, 15) is 9.59 Å². The maximum Gasteiger partial charge on any atom is 0.321 e. The van der Waals surface area contributed by atoms with Crippen molar-refractivity contribution in [3.05, 3.63) is 70.7 Å². The third kappa shape index (κ3) is 4.58. The van der Waals surface area contributed by atoms with E-state index in [1.807, 2.05) is 42.5 Å². The van der Waals surface area contributed by atoms with Crippen LogP contribution in [-0.2, 0) is 0 Å². The number of piperazine rings is 1. The predicted octanol–water partition coefficient (Wildman–Crippen LogP) is 4.45. The van der Waals surface area contributed by atoms with Crippen LogP contribution in [0.5, 0.6) is 0 Å². The van der Waals surface area contributed by atoms with Crippen molar-refractivity contribution in [2.75, 3.05) is 31.5 Å². The third-order valence-electron chi connectivity index (χ3n) is 4.69. The Morgan fingerprint density at radius 3 is 2.28 bits per heavy atom. The molecule has 0 bridgehead atoms. The fraction of sp³-hybridized carbons (Fsp3) is 0.190. The highest BCUT2D eigenvalue weighted by Gasteiger charge is 2.26. The molecule has 3 amide bonds. The molecule has 1 aliphatic heterocycles. The van der Waals surface area contributed by atoms with Crippen LogP contribution in [0.2, 0.25) is 5.02 Å². The number of nitrogens with zero attached hydrogens (tertiary/aromatic N) is 3. The molecule has 1 saturated heterocycles. The van der Waals surface area contributed by atoms with Crippen molar-refractivity contribution in [2.45, 2.75) is 0 Å². The molecular weight excluding hydrogens is 408 g/mol. The molecule has 0 aliphatic carbocycles. The second-order valence-electron chi connectivity index (χ2n) is 6.62. The van der Waals surface area contributed by atoms with E-state index in [1.54, 1.807) is 27.3 Å². The average molecular weight is 427 g/mol. The van der Waals surface area contributed by atoms with Crippen molar-refractivity contribution in [1.82, 2.24) is 14.8 Å². The van der Waals surface area contributed by atoms with Crippen LogP contribution in [0.4, 0.5) is 10.5 Å². The minimum atomic E-state index is -0.151. The summed E-state index contributed by atoms with van der Waals surface area (Å²) in [5.41, 5.74) is 2.12. The van der Waals surface area contributed by atoms with Gasteiger partial charge in [0, 0.05) is 47.8 Å². The lowest BCUT2D eigenvalue weighted by atomic mass is 10.2. The van der Waals surface area contributed by atoms with Crippen LogP contribution >= 0.6 is 22.9 Å². The Morgan fingerprint density at radius 2 is 1.59 bits per heavy atom. The number of rotatable bonds is 3. The standard InChI is InChI=1S/C21H19ClN4O2S/c22-16-8-6-15(7-9-16)19-24-18(14-29-19)20(27)25-10-12-26(13-11-25)21(28)23-17-4-2-1-3-5-17/h1-9,14H,10-13H2,(H,23,28). The van der Waals surface area contributed by atoms with Crippen LogP contribution < -0.4 is 5.32 Å². The number of nitrogens with one attached hydrogen (secondary N) is 1. The van der Waals surface area contributed by atoms with Crippen LogP contribution in [-0.4, -0.2) is 52.9 Å². The van der Waals surface area contributed by atoms with Crippen molar-refractivity contribution in [3.8, 4) is 10.6 Å². The molecule has 8 heteroatoms. The Bertz CT molecular complexity index is 999. The second-order valence-corrected chi connectivity index (χ2v) is 7.91. The number of carbonyl (C=O) groups excluding carboxylic acids is 2. The first-order valence-corrected chi connectivity index (χ1v) is 10.5. The largest absolute Gasteiger partial charge is 0.334 e. The lowest BCUT2D eigenvalue weighted by Gasteiger charge is -2.34. The Morgan fingerprint density at radius 1 is 0.931 bits per heavy atom. The summed E-state index contributed by atoms with van der Waals surface area (Å²) in [5.74, 6) is -0.107. The number of urea groups is 1. The van der Waals surface area contributed by atoms with E-state index in [0.29, 0.717) is 36.9 Å². The second kappa shape index (κ2) is 8.63. The van der Waals surface area contributed by atoms with E-state index in [-0.39, 0.29) is 11.9 Å². The van der Waals surface area contributed by atoms with Gasteiger partial charge in [-0.05, 0) is 24.3 Å². The number of aromatic nitrogens is 1. The highest BCUT2D eigenvalue weighted by Crippen LogP contribution is 2.25. The maximum atomic E-state index is 12.8. The molecule has 148 valence electrons. The molecule has 2 aromatic carbocycles. The molecule has 4 rings (SSSR count). The zero-order valence-corrected chi connectivity index (χ0v) is 17.1. The van der Waals surface area contributed by atoms with Gasteiger partial charge in [0.05, 0.1) is 0 Å². The van der Waals surface area contributed by atoms with Crippen LogP contribution in [0.3, 0.4) is 0 Å². The van der Waals surface area contributed by atoms with Gasteiger partial charge in [0.2, 0.25) is 0 Å². The number of halogens is 1. The highest BCUT2D eigenvalue weighted by atomic mass is 35.5. The molecular formula is C21H19ClN4O2S. The van der Waals surface area contributed by atoms with Crippen LogP contribution in [0, 0.1) is 0 Å². The number of amides is 3. The molecule has 29 heavy (non-hydrogen) atoms. The molecule has 1 N–H and O–H groups in total. The molecule has 0 spiro atoms. The maximum absolute atomic E-state index is 12.8. The van der Waals surface area contributed by atoms with Gasteiger partial charge in [-0.25, -0.2) is 9.78 Å². The first-order valence-electron chi connectivity index (χ1n) is 9.22. The fourth-order valence-corrected chi connectivity index (χ4v) is 4.02. The van der Waals surface area contributed by atoms with Gasteiger partial charge < -0.3 is 15.1 Å². The zero-order valence-electron chi connectivity index (χ0n) is 15.5. The van der Waals surface area contributed by atoms with Gasteiger partial charge in [-0.2, -0.15) is 0 Å². The summed E-state index contributed by atoms with van der Waals surface area (Å²) < 4.78 is 0. The minimum absolute atomic E-state index is 0.107. The normalized spacial score (nSPS) is 14.0. The van der Waals surface area contributed by atoms with Crippen molar-refractivity contribution in [1.29, 1.82) is 0 Å². The van der Waals surface area contributed by atoms with Crippen molar-refractivity contribution < 1.29 is 9.59 Å². The van der Waals surface area contributed by atoms with Gasteiger partial charge in [-0.3, -0.25) is 4.79 Å².